The number of amides is 1. The van der Waals surface area contributed by atoms with Crippen LogP contribution in [0.1, 0.15) is 40.0 Å². The number of unbranched alkanes of at least 4 members (excludes halogenated alkanes) is 2. The second-order valence-electron chi connectivity index (χ2n) is 6.96. The smallest absolute Gasteiger partial charge is 0.407 e. The van der Waals surface area contributed by atoms with Gasteiger partial charge in [0.1, 0.15) is 5.60 Å². The fourth-order valence-corrected chi connectivity index (χ4v) is 2.52. The van der Waals surface area contributed by atoms with E-state index in [1.54, 1.807) is 0 Å². The minimum atomic E-state index is -0.431. The summed E-state index contributed by atoms with van der Waals surface area (Å²) in [6, 6.07) is 0. The second-order valence-corrected chi connectivity index (χ2v) is 6.96. The van der Waals surface area contributed by atoms with Gasteiger partial charge in [0.15, 0.2) is 0 Å². The first-order valence-corrected chi connectivity index (χ1v) is 8.52. The van der Waals surface area contributed by atoms with Crippen LogP contribution in [0.4, 0.5) is 4.79 Å². The van der Waals surface area contributed by atoms with Crippen molar-refractivity contribution in [2.24, 2.45) is 5.73 Å². The van der Waals surface area contributed by atoms with E-state index < -0.39 is 5.60 Å². The van der Waals surface area contributed by atoms with Gasteiger partial charge in [-0.3, -0.25) is 4.90 Å². The van der Waals surface area contributed by atoms with Crippen molar-refractivity contribution >= 4 is 6.09 Å². The predicted octanol–water partition coefficient (Wildman–Crippen LogP) is 1.26. The molecule has 6 heteroatoms. The average Bonchev–Trinajstić information content (AvgIpc) is 2.43. The van der Waals surface area contributed by atoms with Crippen molar-refractivity contribution in [2.45, 2.75) is 45.6 Å². The Kier molecular flexibility index (Phi) is 8.75. The van der Waals surface area contributed by atoms with E-state index in [-0.39, 0.29) is 6.09 Å². The number of nitrogens with two attached hydrogens (primary N) is 1. The summed E-state index contributed by atoms with van der Waals surface area (Å²) in [6.07, 6.45) is 3.29. The van der Waals surface area contributed by atoms with Crippen LogP contribution in [0.25, 0.3) is 0 Å². The zero-order valence-corrected chi connectivity index (χ0v) is 14.6. The highest BCUT2D eigenvalue weighted by molar-refractivity contribution is 5.67. The van der Waals surface area contributed by atoms with Crippen molar-refractivity contribution in [1.82, 2.24) is 15.1 Å². The predicted molar refractivity (Wildman–Crippen MR) is 90.0 cm³/mol. The molecule has 0 saturated carbocycles. The van der Waals surface area contributed by atoms with E-state index >= 15 is 0 Å². The van der Waals surface area contributed by atoms with Gasteiger partial charge in [0, 0.05) is 39.3 Å². The average molecular weight is 314 g/mol. The number of nitrogens with one attached hydrogen (secondary N) is 1. The lowest BCUT2D eigenvalue weighted by Crippen LogP contribution is -2.48. The first-order valence-electron chi connectivity index (χ1n) is 8.52. The maximum absolute atomic E-state index is 11.6. The Morgan fingerprint density at radius 1 is 1.05 bits per heavy atom. The molecular formula is C16H34N4O2. The summed E-state index contributed by atoms with van der Waals surface area (Å²) >= 11 is 0. The van der Waals surface area contributed by atoms with Crippen LogP contribution in [-0.4, -0.2) is 73.9 Å². The van der Waals surface area contributed by atoms with Gasteiger partial charge in [-0.05, 0) is 46.7 Å². The van der Waals surface area contributed by atoms with E-state index in [0.717, 1.165) is 45.7 Å². The van der Waals surface area contributed by atoms with Crippen molar-refractivity contribution in [2.75, 3.05) is 52.4 Å². The standard InChI is InChI=1S/C16H34N4O2/c1-16(2,3)22-15(21)18-8-10-20-13-11-19(12-14-20)9-6-4-5-7-17/h4-14,17H2,1-3H3,(H,18,21). The lowest BCUT2D eigenvalue weighted by molar-refractivity contribution is 0.0516. The van der Waals surface area contributed by atoms with E-state index in [9.17, 15) is 4.79 Å². The quantitative estimate of drug-likeness (QED) is 0.660. The zero-order chi connectivity index (χ0) is 16.4. The molecule has 0 aromatic heterocycles. The second kappa shape index (κ2) is 10.0. The molecule has 0 radical (unpaired) electrons. The number of ether oxygens (including phenoxy) is 1. The van der Waals surface area contributed by atoms with Crippen molar-refractivity contribution in [3.8, 4) is 0 Å². The van der Waals surface area contributed by atoms with Crippen LogP contribution in [-0.2, 0) is 4.74 Å². The van der Waals surface area contributed by atoms with Crippen LogP contribution in [0.15, 0.2) is 0 Å². The molecule has 0 bridgehead atoms. The zero-order valence-electron chi connectivity index (χ0n) is 14.6. The molecule has 0 spiro atoms. The molecular weight excluding hydrogens is 280 g/mol. The highest BCUT2D eigenvalue weighted by atomic mass is 16.6. The molecule has 1 saturated heterocycles. The Morgan fingerprint density at radius 2 is 1.64 bits per heavy atom. The van der Waals surface area contributed by atoms with Crippen molar-refractivity contribution in [3.05, 3.63) is 0 Å². The number of carbonyl (C=O) groups excluding carboxylic acids is 1. The maximum atomic E-state index is 11.6. The van der Waals surface area contributed by atoms with Crippen LogP contribution in [0.5, 0.6) is 0 Å². The minimum Gasteiger partial charge on any atom is -0.444 e. The fraction of sp³-hybridized carbons (Fsp3) is 0.938. The van der Waals surface area contributed by atoms with Crippen molar-refractivity contribution in [1.29, 1.82) is 0 Å². The third-order valence-electron chi connectivity index (χ3n) is 3.74. The molecule has 1 heterocycles. The lowest BCUT2D eigenvalue weighted by atomic mass is 10.2. The molecule has 6 nitrogen and oxygen atoms in total. The molecule has 1 aliphatic heterocycles. The Morgan fingerprint density at radius 3 is 2.18 bits per heavy atom. The normalized spacial score (nSPS) is 17.5. The van der Waals surface area contributed by atoms with Gasteiger partial charge in [-0.25, -0.2) is 4.79 Å². The lowest BCUT2D eigenvalue weighted by Gasteiger charge is -2.34. The minimum absolute atomic E-state index is 0.328. The summed E-state index contributed by atoms with van der Waals surface area (Å²) in [5.74, 6) is 0. The number of nitrogens with zero attached hydrogens (tertiary/aromatic N) is 2. The van der Waals surface area contributed by atoms with Crippen LogP contribution in [0, 0.1) is 0 Å². The molecule has 0 aliphatic carbocycles. The Balaban J connectivity index is 2.04. The largest absolute Gasteiger partial charge is 0.444 e. The monoisotopic (exact) mass is 314 g/mol. The number of rotatable bonds is 8. The first-order chi connectivity index (χ1) is 10.4. The van der Waals surface area contributed by atoms with Gasteiger partial charge in [0.05, 0.1) is 0 Å². The Bertz CT molecular complexity index is 310. The molecule has 22 heavy (non-hydrogen) atoms. The number of carbonyl (C=O) groups is 1. The summed E-state index contributed by atoms with van der Waals surface area (Å²) < 4.78 is 5.22. The summed E-state index contributed by atoms with van der Waals surface area (Å²) in [6.45, 7) is 13.5. The number of piperazine rings is 1. The molecule has 130 valence electrons. The summed E-state index contributed by atoms with van der Waals surface area (Å²) in [7, 11) is 0. The summed E-state index contributed by atoms with van der Waals surface area (Å²) in [5.41, 5.74) is 5.08. The van der Waals surface area contributed by atoms with E-state index in [4.69, 9.17) is 10.5 Å². The summed E-state index contributed by atoms with van der Waals surface area (Å²) in [5, 5.41) is 2.82. The highest BCUT2D eigenvalue weighted by Crippen LogP contribution is 2.06. The number of hydrogen-bond donors (Lipinski definition) is 2. The molecule has 1 rings (SSSR count). The van der Waals surface area contributed by atoms with Gasteiger partial charge in [0.2, 0.25) is 0 Å². The third kappa shape index (κ3) is 9.23. The van der Waals surface area contributed by atoms with Crippen LogP contribution in [0.3, 0.4) is 0 Å². The van der Waals surface area contributed by atoms with E-state index in [0.29, 0.717) is 6.54 Å². The van der Waals surface area contributed by atoms with Crippen LogP contribution >= 0.6 is 0 Å². The van der Waals surface area contributed by atoms with Gasteiger partial charge in [-0.15, -0.1) is 0 Å². The van der Waals surface area contributed by atoms with E-state index in [1.165, 1.54) is 19.4 Å². The Labute approximate surface area is 135 Å². The molecule has 0 unspecified atom stereocenters. The molecule has 0 atom stereocenters. The molecule has 0 aromatic rings. The SMILES string of the molecule is CC(C)(C)OC(=O)NCCN1CCN(CCCCCN)CC1. The number of alkyl carbamates (subject to hydrolysis) is 1. The van der Waals surface area contributed by atoms with E-state index in [2.05, 4.69) is 15.1 Å². The van der Waals surface area contributed by atoms with Crippen LogP contribution < -0.4 is 11.1 Å². The molecule has 0 aromatic carbocycles. The fourth-order valence-electron chi connectivity index (χ4n) is 2.52. The molecule has 1 amide bonds. The van der Waals surface area contributed by atoms with Gasteiger partial charge < -0.3 is 20.7 Å². The van der Waals surface area contributed by atoms with Gasteiger partial charge >= 0.3 is 6.09 Å². The molecule has 1 aliphatic rings. The van der Waals surface area contributed by atoms with Gasteiger partial charge in [0.25, 0.3) is 0 Å². The molecule has 1 fully saturated rings. The van der Waals surface area contributed by atoms with E-state index in [1.807, 2.05) is 20.8 Å². The third-order valence-corrected chi connectivity index (χ3v) is 3.74. The topological polar surface area (TPSA) is 70.8 Å². The highest BCUT2D eigenvalue weighted by Gasteiger charge is 2.18. The van der Waals surface area contributed by atoms with Crippen molar-refractivity contribution in [3.63, 3.8) is 0 Å². The maximum Gasteiger partial charge on any atom is 0.407 e. The van der Waals surface area contributed by atoms with Gasteiger partial charge in [-0.2, -0.15) is 0 Å². The van der Waals surface area contributed by atoms with Crippen molar-refractivity contribution < 1.29 is 9.53 Å². The summed E-state index contributed by atoms with van der Waals surface area (Å²) in [4.78, 5) is 16.5. The first kappa shape index (κ1) is 19.2. The Hall–Kier alpha value is -0.850. The van der Waals surface area contributed by atoms with Gasteiger partial charge in [-0.1, -0.05) is 6.42 Å². The van der Waals surface area contributed by atoms with Crippen LogP contribution in [0.2, 0.25) is 0 Å². The molecule has 3 N–H and O–H groups in total. The number of hydrogen-bond acceptors (Lipinski definition) is 5.